The monoisotopic (exact) mass is 405 g/mol. The number of nitrogens with one attached hydrogen (secondary N) is 1. The number of nitrogens with zero attached hydrogens (tertiary/aromatic N) is 2. The van der Waals surface area contributed by atoms with Crippen LogP contribution in [0.15, 0.2) is 48.8 Å². The average Bonchev–Trinajstić information content (AvgIpc) is 3.51. The molecule has 3 atom stereocenters. The number of benzene rings is 1. The van der Waals surface area contributed by atoms with Gasteiger partial charge in [0.05, 0.1) is 5.41 Å². The molecule has 30 heavy (non-hydrogen) atoms. The topological polar surface area (TPSA) is 62.3 Å². The van der Waals surface area contributed by atoms with Gasteiger partial charge in [0.1, 0.15) is 0 Å². The lowest BCUT2D eigenvalue weighted by atomic mass is 9.73. The number of hydrogen-bond acceptors (Lipinski definition) is 3. The number of pyridine rings is 1. The molecule has 1 saturated heterocycles. The molecular weight excluding hydrogens is 374 g/mol. The summed E-state index contributed by atoms with van der Waals surface area (Å²) >= 11 is 0. The number of amides is 2. The molecule has 2 aromatic rings. The zero-order chi connectivity index (χ0) is 21.1. The van der Waals surface area contributed by atoms with Crippen molar-refractivity contribution in [3.8, 4) is 11.1 Å². The first-order valence-corrected chi connectivity index (χ1v) is 11.1. The molecule has 5 heteroatoms. The molecule has 1 N–H and O–H groups in total. The van der Waals surface area contributed by atoms with Crippen molar-refractivity contribution in [2.45, 2.75) is 39.5 Å². The molecule has 0 unspecified atom stereocenters. The Kier molecular flexibility index (Phi) is 5.89. The molecule has 1 aliphatic carbocycles. The summed E-state index contributed by atoms with van der Waals surface area (Å²) in [6.45, 7) is 5.94. The van der Waals surface area contributed by atoms with E-state index in [0.29, 0.717) is 25.4 Å². The van der Waals surface area contributed by atoms with Crippen LogP contribution in [0.5, 0.6) is 0 Å². The number of rotatable bonds is 6. The van der Waals surface area contributed by atoms with Crippen LogP contribution in [0.3, 0.4) is 0 Å². The summed E-state index contributed by atoms with van der Waals surface area (Å²) in [5.41, 5.74) is 2.69. The van der Waals surface area contributed by atoms with E-state index in [-0.39, 0.29) is 17.7 Å². The summed E-state index contributed by atoms with van der Waals surface area (Å²) in [7, 11) is 0. The minimum absolute atomic E-state index is 0.0623. The zero-order valence-corrected chi connectivity index (χ0v) is 17.9. The highest BCUT2D eigenvalue weighted by molar-refractivity contribution is 5.86. The minimum Gasteiger partial charge on any atom is -0.356 e. The predicted octanol–water partition coefficient (Wildman–Crippen LogP) is 3.69. The van der Waals surface area contributed by atoms with Gasteiger partial charge in [-0.2, -0.15) is 0 Å². The summed E-state index contributed by atoms with van der Waals surface area (Å²) in [4.78, 5) is 32.5. The summed E-state index contributed by atoms with van der Waals surface area (Å²) in [6, 6.07) is 12.2. The van der Waals surface area contributed by atoms with Crippen molar-refractivity contribution >= 4 is 11.8 Å². The summed E-state index contributed by atoms with van der Waals surface area (Å²) in [5.74, 6) is 0.922. The molecule has 4 rings (SSSR count). The highest BCUT2D eigenvalue weighted by Crippen LogP contribution is 2.42. The van der Waals surface area contributed by atoms with Crippen LogP contribution in [0.25, 0.3) is 11.1 Å². The van der Waals surface area contributed by atoms with Gasteiger partial charge in [0, 0.05) is 43.5 Å². The first-order chi connectivity index (χ1) is 14.5. The number of hydrogen-bond donors (Lipinski definition) is 1. The van der Waals surface area contributed by atoms with Crippen LogP contribution >= 0.6 is 0 Å². The quantitative estimate of drug-likeness (QED) is 0.797. The molecule has 1 aromatic carbocycles. The maximum Gasteiger partial charge on any atom is 0.228 e. The molecular formula is C25H31N3O2. The standard InChI is InChI=1S/C25H31N3O2/c1-3-27-24(30)25(11-7-13-28(17-25)23(29)22-14-18(22)2)15-19-8-4-5-10-21(19)20-9-6-12-26-16-20/h4-6,8-10,12,16,18,22H,3,7,11,13-15,17H2,1-2H3,(H,27,30)/t18-,22-,25-/m0/s1. The fraction of sp³-hybridized carbons (Fsp3) is 0.480. The lowest BCUT2D eigenvalue weighted by molar-refractivity contribution is -0.142. The van der Waals surface area contributed by atoms with Crippen LogP contribution in [-0.4, -0.2) is 41.3 Å². The molecule has 1 aromatic heterocycles. The second kappa shape index (κ2) is 8.58. The van der Waals surface area contributed by atoms with Gasteiger partial charge in [0.25, 0.3) is 0 Å². The molecule has 2 amide bonds. The number of likely N-dealkylation sites (tertiary alicyclic amines) is 1. The minimum atomic E-state index is -0.597. The van der Waals surface area contributed by atoms with E-state index in [0.717, 1.165) is 42.5 Å². The molecule has 0 spiro atoms. The van der Waals surface area contributed by atoms with Crippen molar-refractivity contribution in [1.29, 1.82) is 0 Å². The lowest BCUT2D eigenvalue weighted by Crippen LogP contribution is -2.54. The normalized spacial score (nSPS) is 25.6. The zero-order valence-electron chi connectivity index (χ0n) is 17.9. The fourth-order valence-corrected chi connectivity index (χ4v) is 4.82. The predicted molar refractivity (Wildman–Crippen MR) is 118 cm³/mol. The van der Waals surface area contributed by atoms with E-state index < -0.39 is 5.41 Å². The van der Waals surface area contributed by atoms with Gasteiger partial charge in [-0.05, 0) is 55.7 Å². The average molecular weight is 406 g/mol. The first kappa shape index (κ1) is 20.6. The Hall–Kier alpha value is -2.69. The Balaban J connectivity index is 1.65. The molecule has 2 aliphatic rings. The molecule has 0 bridgehead atoms. The van der Waals surface area contributed by atoms with Crippen LogP contribution < -0.4 is 5.32 Å². The molecule has 1 aliphatic heterocycles. The van der Waals surface area contributed by atoms with Gasteiger partial charge in [-0.3, -0.25) is 14.6 Å². The van der Waals surface area contributed by atoms with Gasteiger partial charge < -0.3 is 10.2 Å². The highest BCUT2D eigenvalue weighted by atomic mass is 16.2. The molecule has 158 valence electrons. The van der Waals surface area contributed by atoms with Gasteiger partial charge >= 0.3 is 0 Å². The molecule has 5 nitrogen and oxygen atoms in total. The molecule has 1 saturated carbocycles. The maximum atomic E-state index is 13.3. The van der Waals surface area contributed by atoms with Gasteiger partial charge in [-0.1, -0.05) is 37.3 Å². The SMILES string of the molecule is CCNC(=O)[C@]1(Cc2ccccc2-c2cccnc2)CCCN(C(=O)[C@H]2C[C@@H]2C)C1. The van der Waals surface area contributed by atoms with E-state index in [1.807, 2.05) is 36.2 Å². The molecule has 0 radical (unpaired) electrons. The van der Waals surface area contributed by atoms with Crippen LogP contribution in [0, 0.1) is 17.3 Å². The maximum absolute atomic E-state index is 13.3. The number of piperidine rings is 1. The van der Waals surface area contributed by atoms with Crippen LogP contribution in [0.2, 0.25) is 0 Å². The van der Waals surface area contributed by atoms with E-state index in [2.05, 4.69) is 35.4 Å². The van der Waals surface area contributed by atoms with Gasteiger partial charge in [0.15, 0.2) is 0 Å². The van der Waals surface area contributed by atoms with Gasteiger partial charge in [-0.25, -0.2) is 0 Å². The Labute approximate surface area is 178 Å². The Morgan fingerprint density at radius 3 is 2.73 bits per heavy atom. The smallest absolute Gasteiger partial charge is 0.228 e. The van der Waals surface area contributed by atoms with Crippen molar-refractivity contribution in [1.82, 2.24) is 15.2 Å². The van der Waals surface area contributed by atoms with Crippen molar-refractivity contribution in [3.05, 3.63) is 54.4 Å². The summed E-state index contributed by atoms with van der Waals surface area (Å²) in [6.07, 6.45) is 6.89. The second-order valence-electron chi connectivity index (χ2n) is 8.90. The van der Waals surface area contributed by atoms with Crippen molar-refractivity contribution < 1.29 is 9.59 Å². The van der Waals surface area contributed by atoms with Crippen LogP contribution in [-0.2, 0) is 16.0 Å². The third-order valence-electron chi connectivity index (χ3n) is 6.65. The fourth-order valence-electron chi connectivity index (χ4n) is 4.82. The highest BCUT2D eigenvalue weighted by Gasteiger charge is 2.47. The van der Waals surface area contributed by atoms with E-state index in [9.17, 15) is 9.59 Å². The van der Waals surface area contributed by atoms with Gasteiger partial charge in [0.2, 0.25) is 11.8 Å². The Morgan fingerprint density at radius 2 is 2.03 bits per heavy atom. The lowest BCUT2D eigenvalue weighted by Gasteiger charge is -2.42. The number of carbonyl (C=O) groups is 2. The van der Waals surface area contributed by atoms with E-state index in [4.69, 9.17) is 0 Å². The van der Waals surface area contributed by atoms with Crippen molar-refractivity contribution in [2.24, 2.45) is 17.3 Å². The summed E-state index contributed by atoms with van der Waals surface area (Å²) < 4.78 is 0. The number of carbonyl (C=O) groups excluding carboxylic acids is 2. The third-order valence-corrected chi connectivity index (χ3v) is 6.65. The number of aromatic nitrogens is 1. The Morgan fingerprint density at radius 1 is 1.23 bits per heavy atom. The van der Waals surface area contributed by atoms with Crippen molar-refractivity contribution in [3.63, 3.8) is 0 Å². The third kappa shape index (κ3) is 4.11. The van der Waals surface area contributed by atoms with Crippen molar-refractivity contribution in [2.75, 3.05) is 19.6 Å². The van der Waals surface area contributed by atoms with Crippen LogP contribution in [0.1, 0.15) is 38.7 Å². The van der Waals surface area contributed by atoms with Gasteiger partial charge in [-0.15, -0.1) is 0 Å². The second-order valence-corrected chi connectivity index (χ2v) is 8.90. The van der Waals surface area contributed by atoms with Crippen LogP contribution in [0.4, 0.5) is 0 Å². The molecule has 2 heterocycles. The van der Waals surface area contributed by atoms with E-state index in [1.165, 1.54) is 0 Å². The summed E-state index contributed by atoms with van der Waals surface area (Å²) in [5, 5.41) is 3.06. The largest absolute Gasteiger partial charge is 0.356 e. The molecule has 2 fully saturated rings. The van der Waals surface area contributed by atoms with E-state index in [1.54, 1.807) is 6.20 Å². The van der Waals surface area contributed by atoms with E-state index >= 15 is 0 Å². The first-order valence-electron chi connectivity index (χ1n) is 11.1. The Bertz CT molecular complexity index is 914.